The third-order valence-electron chi connectivity index (χ3n) is 15.5. The van der Waals surface area contributed by atoms with Crippen molar-refractivity contribution in [2.24, 2.45) is 0 Å². The fourth-order valence-corrected chi connectivity index (χ4v) is 11.1. The number of nitrogens with one attached hydrogen (secondary N) is 1. The number of carbonyl (C=O) groups excluding carboxylic acids is 1. The molecule has 0 aromatic heterocycles. The van der Waals surface area contributed by atoms with Crippen molar-refractivity contribution in [3.63, 3.8) is 0 Å². The summed E-state index contributed by atoms with van der Waals surface area (Å²) in [6, 6.07) is -0.756. The second-order valence-electron chi connectivity index (χ2n) is 24.2. The first-order valence-corrected chi connectivity index (χ1v) is 34.5. The van der Waals surface area contributed by atoms with Gasteiger partial charge in [-0.2, -0.15) is 0 Å². The number of nitrogens with zero attached hydrogens (tertiary/aromatic N) is 1. The van der Waals surface area contributed by atoms with Gasteiger partial charge in [-0.1, -0.05) is 315 Å². The van der Waals surface area contributed by atoms with Gasteiger partial charge in [-0.25, -0.2) is 4.57 Å². The van der Waals surface area contributed by atoms with E-state index in [0.29, 0.717) is 23.9 Å². The molecule has 0 aromatic carbocycles. The van der Waals surface area contributed by atoms with Crippen molar-refractivity contribution in [3.8, 4) is 0 Å². The van der Waals surface area contributed by atoms with E-state index in [4.69, 9.17) is 9.05 Å². The van der Waals surface area contributed by atoms with E-state index in [0.717, 1.165) is 38.5 Å². The van der Waals surface area contributed by atoms with E-state index < -0.39 is 20.0 Å². The molecule has 442 valence electrons. The van der Waals surface area contributed by atoms with E-state index >= 15 is 0 Å². The Morgan fingerprint density at radius 1 is 0.446 bits per heavy atom. The number of unbranched alkanes of at least 4 members (excludes halogenated alkanes) is 47. The Hall–Kier alpha value is -0.760. The highest BCUT2D eigenvalue weighted by Gasteiger charge is 2.28. The van der Waals surface area contributed by atoms with Crippen LogP contribution >= 0.6 is 7.82 Å². The Morgan fingerprint density at radius 3 is 1.04 bits per heavy atom. The number of hydrogen-bond acceptors (Lipinski definition) is 5. The van der Waals surface area contributed by atoms with Gasteiger partial charge in [0.25, 0.3) is 0 Å². The zero-order valence-corrected chi connectivity index (χ0v) is 51.5. The summed E-state index contributed by atoms with van der Waals surface area (Å²) in [7, 11) is 1.63. The van der Waals surface area contributed by atoms with Gasteiger partial charge in [0.05, 0.1) is 39.9 Å². The Kier molecular flexibility index (Phi) is 56.4. The van der Waals surface area contributed by atoms with Crippen LogP contribution in [0.25, 0.3) is 0 Å². The Morgan fingerprint density at radius 2 is 0.730 bits per heavy atom. The van der Waals surface area contributed by atoms with Crippen molar-refractivity contribution in [3.05, 3.63) is 12.2 Å². The van der Waals surface area contributed by atoms with Crippen LogP contribution in [-0.4, -0.2) is 73.4 Å². The molecular formula is C65H132N2O6P+. The van der Waals surface area contributed by atoms with Gasteiger partial charge in [-0.05, 0) is 38.5 Å². The number of allylic oxidation sites excluding steroid dienone is 2. The van der Waals surface area contributed by atoms with Gasteiger partial charge in [-0.3, -0.25) is 13.8 Å². The Bertz CT molecular complexity index is 1210. The van der Waals surface area contributed by atoms with Crippen molar-refractivity contribution in [2.45, 2.75) is 360 Å². The van der Waals surface area contributed by atoms with E-state index in [2.05, 4.69) is 31.3 Å². The molecule has 0 bridgehead atoms. The summed E-state index contributed by atoms with van der Waals surface area (Å²) in [5, 5.41) is 14.1. The second kappa shape index (κ2) is 56.9. The number of rotatable bonds is 62. The van der Waals surface area contributed by atoms with Crippen molar-refractivity contribution < 1.29 is 32.9 Å². The van der Waals surface area contributed by atoms with Crippen LogP contribution in [0, 0.1) is 0 Å². The summed E-state index contributed by atoms with van der Waals surface area (Å²) in [6.07, 6.45) is 71.8. The van der Waals surface area contributed by atoms with E-state index in [1.807, 2.05) is 21.1 Å². The zero-order chi connectivity index (χ0) is 54.2. The highest BCUT2D eigenvalue weighted by atomic mass is 31.2. The molecule has 0 saturated heterocycles. The summed E-state index contributed by atoms with van der Waals surface area (Å²) in [5.41, 5.74) is 0. The Balaban J connectivity index is 3.83. The standard InChI is InChI=1S/C65H131N2O6P/c1-6-8-10-12-14-16-18-20-21-22-23-24-25-26-27-28-29-30-31-32-33-34-35-36-37-38-39-40-41-42-43-44-45-47-49-51-53-55-57-59-65(69)66-63(62-73-74(70,71)72-61-60-67(3,4)5)64(68)58-56-54-52-50-48-46-19-17-15-13-11-9-7-2/h32-33,63-64,68H,6-31,34-62H2,1-5H3,(H-,66,69,70,71)/p+1/b33-32-. The molecule has 0 aromatic rings. The van der Waals surface area contributed by atoms with Gasteiger partial charge in [0.1, 0.15) is 13.2 Å². The van der Waals surface area contributed by atoms with Crippen LogP contribution in [0.1, 0.15) is 348 Å². The van der Waals surface area contributed by atoms with Crippen LogP contribution in [0.2, 0.25) is 0 Å². The van der Waals surface area contributed by atoms with Crippen molar-refractivity contribution in [1.29, 1.82) is 0 Å². The fraction of sp³-hybridized carbons (Fsp3) is 0.954. The maximum atomic E-state index is 13.0. The first-order valence-electron chi connectivity index (χ1n) is 33.1. The molecule has 0 fully saturated rings. The first-order chi connectivity index (χ1) is 36.0. The summed E-state index contributed by atoms with van der Waals surface area (Å²) in [6.45, 7) is 4.93. The lowest BCUT2D eigenvalue weighted by molar-refractivity contribution is -0.870. The highest BCUT2D eigenvalue weighted by molar-refractivity contribution is 7.47. The zero-order valence-electron chi connectivity index (χ0n) is 50.6. The predicted octanol–water partition coefficient (Wildman–Crippen LogP) is 20.6. The topological polar surface area (TPSA) is 105 Å². The van der Waals surface area contributed by atoms with Crippen LogP contribution in [0.3, 0.4) is 0 Å². The number of aliphatic hydroxyl groups excluding tert-OH is 1. The molecule has 0 rings (SSSR count). The van der Waals surface area contributed by atoms with Gasteiger partial charge in [0, 0.05) is 6.42 Å². The number of phosphoric acid groups is 1. The molecule has 0 aliphatic heterocycles. The number of amides is 1. The van der Waals surface area contributed by atoms with Crippen LogP contribution in [0.15, 0.2) is 12.2 Å². The van der Waals surface area contributed by atoms with E-state index in [-0.39, 0.29) is 19.1 Å². The molecule has 0 heterocycles. The maximum Gasteiger partial charge on any atom is 0.472 e. The van der Waals surface area contributed by atoms with Crippen molar-refractivity contribution >= 4 is 13.7 Å². The lowest BCUT2D eigenvalue weighted by Gasteiger charge is -2.26. The molecule has 8 nitrogen and oxygen atoms in total. The van der Waals surface area contributed by atoms with E-state index in [1.54, 1.807) is 0 Å². The monoisotopic (exact) mass is 1070 g/mol. The first kappa shape index (κ1) is 73.2. The van der Waals surface area contributed by atoms with Crippen molar-refractivity contribution in [2.75, 3.05) is 40.9 Å². The average molecular weight is 1070 g/mol. The van der Waals surface area contributed by atoms with Crippen LogP contribution in [-0.2, 0) is 18.4 Å². The normalized spacial score (nSPS) is 13.8. The minimum atomic E-state index is -4.32. The minimum Gasteiger partial charge on any atom is -0.391 e. The van der Waals surface area contributed by atoms with Gasteiger partial charge in [0.15, 0.2) is 0 Å². The number of carbonyl (C=O) groups is 1. The number of likely N-dealkylation sites (N-methyl/N-ethyl adjacent to an activating group) is 1. The Labute approximate surface area is 462 Å². The summed E-state index contributed by atoms with van der Waals surface area (Å²) >= 11 is 0. The predicted molar refractivity (Wildman–Crippen MR) is 323 cm³/mol. The smallest absolute Gasteiger partial charge is 0.391 e. The highest BCUT2D eigenvalue weighted by Crippen LogP contribution is 2.43. The number of quaternary nitrogens is 1. The molecule has 0 aliphatic carbocycles. The van der Waals surface area contributed by atoms with Gasteiger partial charge in [-0.15, -0.1) is 0 Å². The fourth-order valence-electron chi connectivity index (χ4n) is 10.3. The summed E-state index contributed by atoms with van der Waals surface area (Å²) in [4.78, 5) is 23.3. The molecule has 3 N–H and O–H groups in total. The molecule has 0 spiro atoms. The largest absolute Gasteiger partial charge is 0.472 e. The summed E-state index contributed by atoms with van der Waals surface area (Å²) in [5.74, 6) is -0.138. The van der Waals surface area contributed by atoms with E-state index in [1.165, 1.54) is 283 Å². The van der Waals surface area contributed by atoms with Gasteiger partial charge < -0.3 is 19.8 Å². The SMILES string of the molecule is CCCCCCCCCCCCCCCCCCCC/C=C\CCCCCCCCCCCCCCCCCCCC(=O)NC(COP(=O)(O)OCC[N+](C)(C)C)C(O)CCCCCCCCCCCCCCC. The maximum absolute atomic E-state index is 13.0. The molecule has 3 atom stereocenters. The van der Waals surface area contributed by atoms with Crippen LogP contribution in [0.4, 0.5) is 0 Å². The third kappa shape index (κ3) is 58.9. The third-order valence-corrected chi connectivity index (χ3v) is 16.5. The van der Waals surface area contributed by atoms with Crippen LogP contribution < -0.4 is 5.32 Å². The van der Waals surface area contributed by atoms with Crippen molar-refractivity contribution in [1.82, 2.24) is 5.32 Å². The number of hydrogen-bond donors (Lipinski definition) is 3. The molecule has 3 unspecified atom stereocenters. The summed E-state index contributed by atoms with van der Waals surface area (Å²) < 4.78 is 23.8. The second-order valence-corrected chi connectivity index (χ2v) is 25.7. The lowest BCUT2D eigenvalue weighted by atomic mass is 10.0. The molecule has 0 saturated carbocycles. The number of phosphoric ester groups is 1. The molecule has 0 radical (unpaired) electrons. The van der Waals surface area contributed by atoms with E-state index in [9.17, 15) is 19.4 Å². The van der Waals surface area contributed by atoms with Gasteiger partial charge >= 0.3 is 7.82 Å². The molecule has 74 heavy (non-hydrogen) atoms. The van der Waals surface area contributed by atoms with Crippen LogP contribution in [0.5, 0.6) is 0 Å². The molecule has 0 aliphatic rings. The van der Waals surface area contributed by atoms with Gasteiger partial charge in [0.2, 0.25) is 5.91 Å². The average Bonchev–Trinajstić information content (AvgIpc) is 3.36. The number of aliphatic hydroxyl groups is 1. The molecule has 1 amide bonds. The minimum absolute atomic E-state index is 0.0777. The quantitative estimate of drug-likeness (QED) is 0.0243. The lowest BCUT2D eigenvalue weighted by Crippen LogP contribution is -2.46. The molecular weight excluding hydrogens is 936 g/mol. The molecule has 9 heteroatoms.